The van der Waals surface area contributed by atoms with Gasteiger partial charge in [0.1, 0.15) is 0 Å². The van der Waals surface area contributed by atoms with Crippen molar-refractivity contribution < 1.29 is 18.4 Å². The normalized spacial score (nSPS) is 18.4. The second-order valence-electron chi connectivity index (χ2n) is 3.48. The Kier molecular flexibility index (Phi) is 2.17. The average molecular weight is 224 g/mol. The summed E-state index contributed by atoms with van der Waals surface area (Å²) in [5, 5.41) is 2.74. The number of rotatable bonds is 4. The average Bonchev–Trinajstić information content (AvgIpc) is 2.81. The molecule has 0 radical (unpaired) electrons. The Morgan fingerprint density at radius 3 is 3.12 bits per heavy atom. The highest BCUT2D eigenvalue weighted by molar-refractivity contribution is 6.00. The Hall–Kier alpha value is -1.55. The van der Waals surface area contributed by atoms with Crippen molar-refractivity contribution >= 4 is 5.78 Å². The smallest absolute Gasteiger partial charge is 0.231 e. The van der Waals surface area contributed by atoms with Gasteiger partial charge in [0.25, 0.3) is 0 Å². The molecule has 1 atom stereocenters. The number of nitrogens with one attached hydrogen (secondary N) is 1. The Bertz CT molecular complexity index is 488. The first-order chi connectivity index (χ1) is 8.90. The minimum absolute atomic E-state index is 0.137. The Labute approximate surface area is 98.8 Å². The molecule has 2 rings (SSSR count). The van der Waals surface area contributed by atoms with Crippen molar-refractivity contribution in [3.05, 3.63) is 23.8 Å². The van der Waals surface area contributed by atoms with E-state index < -0.39 is 12.9 Å². The van der Waals surface area contributed by atoms with Gasteiger partial charge in [0.2, 0.25) is 6.79 Å². The van der Waals surface area contributed by atoms with Crippen molar-refractivity contribution in [3.63, 3.8) is 0 Å². The lowest BCUT2D eigenvalue weighted by atomic mass is 10.0. The van der Waals surface area contributed by atoms with Crippen LogP contribution in [0.15, 0.2) is 18.2 Å². The predicted molar refractivity (Wildman–Crippen MR) is 60.0 cm³/mol. The standard InChI is InChI=1S/C12H15NO3/c1-3-9(13-2)12(14)8-4-5-10-11(6-8)16-7-15-10/h4-6,9,13H,3,7H2,1-2H3/i1D3. The molecule has 1 aromatic carbocycles. The van der Waals surface area contributed by atoms with E-state index >= 15 is 0 Å². The molecule has 0 amide bonds. The first kappa shape index (κ1) is 7.68. The first-order valence-electron chi connectivity index (χ1n) is 6.52. The van der Waals surface area contributed by atoms with Crippen molar-refractivity contribution in [2.24, 2.45) is 0 Å². The van der Waals surface area contributed by atoms with Gasteiger partial charge in [0.15, 0.2) is 17.3 Å². The lowest BCUT2D eigenvalue weighted by Gasteiger charge is -2.12. The maximum atomic E-state index is 12.2. The zero-order chi connectivity index (χ0) is 14.0. The van der Waals surface area contributed by atoms with Gasteiger partial charge < -0.3 is 14.8 Å². The summed E-state index contributed by atoms with van der Waals surface area (Å²) < 4.78 is 32.1. The predicted octanol–water partition coefficient (Wildman–Crippen LogP) is 1.60. The van der Waals surface area contributed by atoms with E-state index in [9.17, 15) is 4.79 Å². The van der Waals surface area contributed by atoms with Crippen LogP contribution in [0.5, 0.6) is 11.5 Å². The quantitative estimate of drug-likeness (QED) is 0.789. The molecule has 0 aliphatic carbocycles. The van der Waals surface area contributed by atoms with Crippen LogP contribution in [0.1, 0.15) is 27.7 Å². The Morgan fingerprint density at radius 1 is 1.56 bits per heavy atom. The van der Waals surface area contributed by atoms with Crippen LogP contribution in [0.2, 0.25) is 0 Å². The van der Waals surface area contributed by atoms with Crippen molar-refractivity contribution in [1.82, 2.24) is 5.32 Å². The first-order valence-corrected chi connectivity index (χ1v) is 5.02. The molecule has 1 heterocycles. The molecule has 0 aromatic heterocycles. The van der Waals surface area contributed by atoms with Gasteiger partial charge in [-0.1, -0.05) is 6.85 Å². The summed E-state index contributed by atoms with van der Waals surface area (Å²) >= 11 is 0. The van der Waals surface area contributed by atoms with Crippen LogP contribution in [0.3, 0.4) is 0 Å². The molecule has 1 aromatic rings. The third kappa shape index (κ3) is 1.88. The summed E-state index contributed by atoms with van der Waals surface area (Å²) in [5.74, 6) is 0.833. The molecule has 16 heavy (non-hydrogen) atoms. The van der Waals surface area contributed by atoms with E-state index in [1.807, 2.05) is 0 Å². The third-order valence-electron chi connectivity index (χ3n) is 2.53. The zero-order valence-corrected chi connectivity index (χ0v) is 8.95. The molecular formula is C12H15NO3. The topological polar surface area (TPSA) is 47.6 Å². The molecule has 0 saturated carbocycles. The second kappa shape index (κ2) is 4.53. The molecule has 1 N–H and O–H groups in total. The number of hydrogen-bond acceptors (Lipinski definition) is 4. The highest BCUT2D eigenvalue weighted by Gasteiger charge is 2.20. The molecule has 0 saturated heterocycles. The van der Waals surface area contributed by atoms with Crippen LogP contribution in [-0.4, -0.2) is 25.7 Å². The van der Waals surface area contributed by atoms with Crippen LogP contribution < -0.4 is 14.8 Å². The van der Waals surface area contributed by atoms with E-state index in [2.05, 4.69) is 5.32 Å². The van der Waals surface area contributed by atoms with Gasteiger partial charge in [-0.15, -0.1) is 0 Å². The number of fused-ring (bicyclic) bond motifs is 1. The van der Waals surface area contributed by atoms with E-state index in [0.29, 0.717) is 17.1 Å². The number of Topliss-reactive ketones (excluding diaryl/α,β-unsaturated/α-hetero) is 1. The van der Waals surface area contributed by atoms with Gasteiger partial charge in [-0.05, 0) is 31.7 Å². The monoisotopic (exact) mass is 224 g/mol. The summed E-state index contributed by atoms with van der Waals surface area (Å²) in [5.41, 5.74) is 0.410. The summed E-state index contributed by atoms with van der Waals surface area (Å²) in [6.45, 7) is -2.02. The molecule has 1 unspecified atom stereocenters. The summed E-state index contributed by atoms with van der Waals surface area (Å²) in [4.78, 5) is 12.2. The van der Waals surface area contributed by atoms with Gasteiger partial charge in [0.05, 0.1) is 6.04 Å². The highest BCUT2D eigenvalue weighted by Crippen LogP contribution is 2.32. The fraction of sp³-hybridized carbons (Fsp3) is 0.417. The van der Waals surface area contributed by atoms with Crippen LogP contribution >= 0.6 is 0 Å². The molecule has 0 fully saturated rings. The lowest BCUT2D eigenvalue weighted by molar-refractivity contribution is 0.0944. The maximum absolute atomic E-state index is 12.2. The number of benzene rings is 1. The molecular weight excluding hydrogens is 206 g/mol. The van der Waals surface area contributed by atoms with Gasteiger partial charge in [-0.3, -0.25) is 4.79 Å². The maximum Gasteiger partial charge on any atom is 0.231 e. The number of hydrogen-bond donors (Lipinski definition) is 1. The number of carbonyl (C=O) groups is 1. The minimum Gasteiger partial charge on any atom is -0.454 e. The largest absolute Gasteiger partial charge is 0.454 e. The molecule has 4 nitrogen and oxygen atoms in total. The Balaban J connectivity index is 2.18. The van der Waals surface area contributed by atoms with E-state index in [1.54, 1.807) is 25.2 Å². The zero-order valence-electron chi connectivity index (χ0n) is 11.9. The van der Waals surface area contributed by atoms with Crippen LogP contribution in [0.25, 0.3) is 0 Å². The van der Waals surface area contributed by atoms with Gasteiger partial charge in [-0.25, -0.2) is 0 Å². The summed E-state index contributed by atoms with van der Waals surface area (Å²) in [6.07, 6.45) is -0.212. The molecule has 1 aliphatic heterocycles. The van der Waals surface area contributed by atoms with E-state index in [4.69, 9.17) is 13.6 Å². The van der Waals surface area contributed by atoms with Crippen LogP contribution in [0.4, 0.5) is 0 Å². The lowest BCUT2D eigenvalue weighted by Crippen LogP contribution is -2.33. The second-order valence-corrected chi connectivity index (χ2v) is 3.48. The van der Waals surface area contributed by atoms with Crippen molar-refractivity contribution in [3.8, 4) is 11.5 Å². The van der Waals surface area contributed by atoms with Crippen molar-refractivity contribution in [2.75, 3.05) is 13.8 Å². The number of ketones is 1. The Morgan fingerprint density at radius 2 is 2.38 bits per heavy atom. The number of likely N-dealkylation sites (N-methyl/N-ethyl adjacent to an activating group) is 1. The van der Waals surface area contributed by atoms with Crippen LogP contribution in [0, 0.1) is 0 Å². The van der Waals surface area contributed by atoms with Crippen LogP contribution in [-0.2, 0) is 0 Å². The molecule has 86 valence electrons. The van der Waals surface area contributed by atoms with Gasteiger partial charge in [0, 0.05) is 9.68 Å². The molecule has 1 aliphatic rings. The molecule has 0 bridgehead atoms. The minimum atomic E-state index is -2.15. The fourth-order valence-electron chi connectivity index (χ4n) is 1.58. The van der Waals surface area contributed by atoms with Crippen molar-refractivity contribution in [2.45, 2.75) is 19.3 Å². The number of carbonyl (C=O) groups excluding carboxylic acids is 1. The van der Waals surface area contributed by atoms with Crippen molar-refractivity contribution in [1.29, 1.82) is 0 Å². The van der Waals surface area contributed by atoms with E-state index in [-0.39, 0.29) is 19.0 Å². The SMILES string of the molecule is [2H]C([2H])([2H])CC(NC)C(=O)c1ccc2c(c1)OCO2. The summed E-state index contributed by atoms with van der Waals surface area (Å²) in [6, 6.07) is 4.10. The summed E-state index contributed by atoms with van der Waals surface area (Å²) in [7, 11) is 1.57. The van der Waals surface area contributed by atoms with E-state index in [1.165, 1.54) is 0 Å². The molecule has 4 heteroatoms. The highest BCUT2D eigenvalue weighted by atomic mass is 16.7. The fourth-order valence-corrected chi connectivity index (χ4v) is 1.58. The van der Waals surface area contributed by atoms with Gasteiger partial charge in [-0.2, -0.15) is 0 Å². The van der Waals surface area contributed by atoms with E-state index in [0.717, 1.165) is 0 Å². The molecule has 0 spiro atoms. The third-order valence-corrected chi connectivity index (χ3v) is 2.53. The van der Waals surface area contributed by atoms with Gasteiger partial charge >= 0.3 is 0 Å². The number of ether oxygens (including phenoxy) is 2.